The molecule has 0 saturated heterocycles. The average Bonchev–Trinajstić information content (AvgIpc) is 3.17. The number of nitrogens with zero attached hydrogens (tertiary/aromatic N) is 2. The normalized spacial score (nSPS) is 11.9. The van der Waals surface area contributed by atoms with Gasteiger partial charge in [0.2, 0.25) is 11.7 Å². The van der Waals surface area contributed by atoms with Gasteiger partial charge in [-0.3, -0.25) is 4.79 Å². The van der Waals surface area contributed by atoms with Gasteiger partial charge in [0.05, 0.1) is 6.54 Å². The number of benzene rings is 2. The van der Waals surface area contributed by atoms with Crippen molar-refractivity contribution >= 4 is 17.5 Å². The molecule has 0 aliphatic carbocycles. The van der Waals surface area contributed by atoms with Crippen LogP contribution >= 0.6 is 11.6 Å². The van der Waals surface area contributed by atoms with Gasteiger partial charge < -0.3 is 14.6 Å². The fourth-order valence-electron chi connectivity index (χ4n) is 2.65. The lowest BCUT2D eigenvalue weighted by Gasteiger charge is -2.18. The largest absolute Gasteiger partial charge is 0.480 e. The molecule has 1 unspecified atom stereocenters. The van der Waals surface area contributed by atoms with E-state index in [9.17, 15) is 4.79 Å². The zero-order valence-corrected chi connectivity index (χ0v) is 16.8. The number of ether oxygens (including phenoxy) is 1. The molecule has 3 rings (SSSR count). The van der Waals surface area contributed by atoms with Gasteiger partial charge in [-0.2, -0.15) is 4.98 Å². The maximum Gasteiger partial charge on any atom is 0.261 e. The van der Waals surface area contributed by atoms with E-state index in [1.165, 1.54) is 0 Å². The van der Waals surface area contributed by atoms with Crippen molar-refractivity contribution in [3.8, 4) is 17.1 Å². The van der Waals surface area contributed by atoms with Crippen LogP contribution < -0.4 is 10.1 Å². The average molecular weight is 400 g/mol. The predicted octanol–water partition coefficient (Wildman–Crippen LogP) is 4.48. The maximum atomic E-state index is 12.5. The lowest BCUT2D eigenvalue weighted by molar-refractivity contribution is -0.128. The number of aromatic nitrogens is 2. The summed E-state index contributed by atoms with van der Waals surface area (Å²) in [6, 6.07) is 12.9. The van der Waals surface area contributed by atoms with E-state index < -0.39 is 6.10 Å². The topological polar surface area (TPSA) is 77.2 Å². The number of hydrogen-bond acceptors (Lipinski definition) is 5. The molecule has 3 aromatic rings. The van der Waals surface area contributed by atoms with Gasteiger partial charge in [-0.15, -0.1) is 0 Å². The van der Waals surface area contributed by atoms with E-state index in [1.54, 1.807) is 24.3 Å². The number of carbonyl (C=O) groups is 1. The van der Waals surface area contributed by atoms with Crippen molar-refractivity contribution in [1.82, 2.24) is 15.5 Å². The number of amides is 1. The van der Waals surface area contributed by atoms with Crippen molar-refractivity contribution in [2.24, 2.45) is 0 Å². The van der Waals surface area contributed by atoms with E-state index in [0.29, 0.717) is 28.9 Å². The van der Waals surface area contributed by atoms with Crippen LogP contribution in [0.4, 0.5) is 0 Å². The van der Waals surface area contributed by atoms with E-state index in [1.807, 2.05) is 39.0 Å². The first-order valence-electron chi connectivity index (χ1n) is 9.07. The SMILES string of the molecule is CCC(Oc1cccc(C)c1C)C(=O)NCc1nc(-c2ccc(Cl)cc2)no1. The third-order valence-corrected chi connectivity index (χ3v) is 4.72. The lowest BCUT2D eigenvalue weighted by atomic mass is 10.1. The molecule has 0 aliphatic heterocycles. The van der Waals surface area contributed by atoms with Crippen LogP contribution in [0, 0.1) is 13.8 Å². The molecule has 2 aromatic carbocycles. The quantitative estimate of drug-likeness (QED) is 0.633. The molecule has 1 heterocycles. The third kappa shape index (κ3) is 4.70. The Hall–Kier alpha value is -2.86. The zero-order chi connectivity index (χ0) is 20.1. The Morgan fingerprint density at radius 3 is 2.68 bits per heavy atom. The van der Waals surface area contributed by atoms with Crippen molar-refractivity contribution in [1.29, 1.82) is 0 Å². The van der Waals surface area contributed by atoms with Crippen LogP contribution in [0.3, 0.4) is 0 Å². The fraction of sp³-hybridized carbons (Fsp3) is 0.286. The molecular weight excluding hydrogens is 378 g/mol. The van der Waals surface area contributed by atoms with E-state index >= 15 is 0 Å². The second-order valence-corrected chi connectivity index (χ2v) is 6.89. The fourth-order valence-corrected chi connectivity index (χ4v) is 2.77. The zero-order valence-electron chi connectivity index (χ0n) is 16.0. The van der Waals surface area contributed by atoms with Gasteiger partial charge in [0.25, 0.3) is 5.91 Å². The minimum absolute atomic E-state index is 0.131. The van der Waals surface area contributed by atoms with Gasteiger partial charge in [0, 0.05) is 10.6 Å². The molecule has 0 aliphatic rings. The van der Waals surface area contributed by atoms with Crippen LogP contribution in [0.1, 0.15) is 30.4 Å². The molecule has 1 amide bonds. The van der Waals surface area contributed by atoms with Crippen LogP contribution in [-0.2, 0) is 11.3 Å². The molecule has 28 heavy (non-hydrogen) atoms. The Balaban J connectivity index is 1.61. The Kier molecular flexibility index (Phi) is 6.31. The predicted molar refractivity (Wildman–Crippen MR) is 107 cm³/mol. The van der Waals surface area contributed by atoms with Crippen LogP contribution in [-0.4, -0.2) is 22.2 Å². The van der Waals surface area contributed by atoms with Crippen molar-refractivity contribution in [2.45, 2.75) is 39.8 Å². The third-order valence-electron chi connectivity index (χ3n) is 4.47. The Morgan fingerprint density at radius 2 is 1.96 bits per heavy atom. The number of halogens is 1. The molecule has 0 fully saturated rings. The van der Waals surface area contributed by atoms with E-state index in [-0.39, 0.29) is 12.5 Å². The summed E-state index contributed by atoms with van der Waals surface area (Å²) in [6.45, 7) is 6.02. The summed E-state index contributed by atoms with van der Waals surface area (Å²) >= 11 is 5.89. The highest BCUT2D eigenvalue weighted by molar-refractivity contribution is 6.30. The first kappa shape index (κ1) is 19.9. The minimum atomic E-state index is -0.598. The first-order chi connectivity index (χ1) is 13.5. The maximum absolute atomic E-state index is 12.5. The summed E-state index contributed by atoms with van der Waals surface area (Å²) in [5, 5.41) is 7.37. The molecule has 0 saturated carbocycles. The Morgan fingerprint density at radius 1 is 1.21 bits per heavy atom. The van der Waals surface area contributed by atoms with Crippen LogP contribution in [0.5, 0.6) is 5.75 Å². The highest BCUT2D eigenvalue weighted by atomic mass is 35.5. The summed E-state index contributed by atoms with van der Waals surface area (Å²) in [5.41, 5.74) is 2.93. The molecule has 0 radical (unpaired) electrons. The molecule has 6 nitrogen and oxygen atoms in total. The van der Waals surface area contributed by atoms with Crippen molar-refractivity contribution in [3.63, 3.8) is 0 Å². The smallest absolute Gasteiger partial charge is 0.261 e. The highest BCUT2D eigenvalue weighted by Crippen LogP contribution is 2.22. The van der Waals surface area contributed by atoms with E-state index in [0.717, 1.165) is 16.7 Å². The van der Waals surface area contributed by atoms with Gasteiger partial charge in [-0.1, -0.05) is 35.8 Å². The second-order valence-electron chi connectivity index (χ2n) is 6.45. The molecule has 1 atom stereocenters. The summed E-state index contributed by atoms with van der Waals surface area (Å²) in [5.74, 6) is 1.25. The standard InChI is InChI=1S/C21H22ClN3O3/c1-4-17(27-18-7-5-6-13(2)14(18)3)21(26)23-12-19-24-20(25-28-19)15-8-10-16(22)11-9-15/h5-11,17H,4,12H2,1-3H3,(H,23,26). The molecule has 1 aromatic heterocycles. The minimum Gasteiger partial charge on any atom is -0.480 e. The molecule has 0 spiro atoms. The van der Waals surface area contributed by atoms with Crippen LogP contribution in [0.15, 0.2) is 47.0 Å². The lowest BCUT2D eigenvalue weighted by Crippen LogP contribution is -2.37. The van der Waals surface area contributed by atoms with Gasteiger partial charge in [-0.25, -0.2) is 0 Å². The first-order valence-corrected chi connectivity index (χ1v) is 9.44. The summed E-state index contributed by atoms with van der Waals surface area (Å²) in [6.07, 6.45) is -0.0573. The molecule has 7 heteroatoms. The summed E-state index contributed by atoms with van der Waals surface area (Å²) in [7, 11) is 0. The van der Waals surface area contributed by atoms with Crippen LogP contribution in [0.25, 0.3) is 11.4 Å². The van der Waals surface area contributed by atoms with Gasteiger partial charge in [0.15, 0.2) is 6.10 Å². The second kappa shape index (κ2) is 8.89. The number of aryl methyl sites for hydroxylation is 1. The van der Waals surface area contributed by atoms with Crippen molar-refractivity contribution in [3.05, 3.63) is 64.5 Å². The Labute approximate surface area is 168 Å². The van der Waals surface area contributed by atoms with Crippen molar-refractivity contribution in [2.75, 3.05) is 0 Å². The van der Waals surface area contributed by atoms with Gasteiger partial charge in [0.1, 0.15) is 5.75 Å². The molecule has 146 valence electrons. The Bertz CT molecular complexity index is 954. The summed E-state index contributed by atoms with van der Waals surface area (Å²) < 4.78 is 11.1. The molecule has 1 N–H and O–H groups in total. The number of carbonyl (C=O) groups excluding carboxylic acids is 1. The van der Waals surface area contributed by atoms with Crippen LogP contribution in [0.2, 0.25) is 5.02 Å². The highest BCUT2D eigenvalue weighted by Gasteiger charge is 2.20. The summed E-state index contributed by atoms with van der Waals surface area (Å²) in [4.78, 5) is 16.8. The number of rotatable bonds is 7. The monoisotopic (exact) mass is 399 g/mol. The molecular formula is C21H22ClN3O3. The van der Waals surface area contributed by atoms with Crippen molar-refractivity contribution < 1.29 is 14.1 Å². The van der Waals surface area contributed by atoms with Gasteiger partial charge in [-0.05, 0) is 61.7 Å². The number of nitrogens with one attached hydrogen (secondary N) is 1. The van der Waals surface area contributed by atoms with Gasteiger partial charge >= 0.3 is 0 Å². The number of hydrogen-bond donors (Lipinski definition) is 1. The van der Waals surface area contributed by atoms with E-state index in [2.05, 4.69) is 15.5 Å². The molecule has 0 bridgehead atoms. The van der Waals surface area contributed by atoms with E-state index in [4.69, 9.17) is 20.9 Å².